The van der Waals surface area contributed by atoms with Gasteiger partial charge in [0.25, 0.3) is 0 Å². The first-order chi connectivity index (χ1) is 15.7. The van der Waals surface area contributed by atoms with Crippen molar-refractivity contribution in [2.75, 3.05) is 0 Å². The minimum absolute atomic E-state index is 0.0652. The van der Waals surface area contributed by atoms with E-state index in [0.29, 0.717) is 12.8 Å². The molecule has 0 aliphatic heterocycles. The average Bonchev–Trinajstić information content (AvgIpc) is 3.17. The van der Waals surface area contributed by atoms with Gasteiger partial charge in [0, 0.05) is 11.3 Å². The molecule has 2 aromatic carbocycles. The molecule has 1 heterocycles. The summed E-state index contributed by atoms with van der Waals surface area (Å²) < 4.78 is 36.1. The predicted octanol–water partition coefficient (Wildman–Crippen LogP) is 3.78. The van der Waals surface area contributed by atoms with Gasteiger partial charge in [0.15, 0.2) is 0 Å². The van der Waals surface area contributed by atoms with E-state index in [0.717, 1.165) is 34.6 Å². The molecule has 1 aromatic heterocycles. The fourth-order valence-electron chi connectivity index (χ4n) is 4.11. The van der Waals surface area contributed by atoms with Crippen LogP contribution >= 0.6 is 0 Å². The number of ether oxygens (including phenoxy) is 1. The fraction of sp³-hybridized carbons (Fsp3) is 0.333. The van der Waals surface area contributed by atoms with E-state index in [-0.39, 0.29) is 17.5 Å². The van der Waals surface area contributed by atoms with E-state index in [4.69, 9.17) is 9.84 Å². The average molecular weight is 470 g/mol. The molecular weight excluding hydrogens is 442 g/mol. The third-order valence-corrected chi connectivity index (χ3v) is 7.04. The molecule has 174 valence electrons. The highest BCUT2D eigenvalue weighted by Crippen LogP contribution is 2.31. The third-order valence-electron chi connectivity index (χ3n) is 5.55. The maximum absolute atomic E-state index is 13.1. The summed E-state index contributed by atoms with van der Waals surface area (Å²) in [5.41, 5.74) is 3.34. The molecule has 0 fully saturated rings. The van der Waals surface area contributed by atoms with Gasteiger partial charge in [-0.1, -0.05) is 24.3 Å². The molecule has 9 heteroatoms. The van der Waals surface area contributed by atoms with Gasteiger partial charge in [-0.25, -0.2) is 13.1 Å². The van der Waals surface area contributed by atoms with Crippen molar-refractivity contribution in [1.82, 2.24) is 14.5 Å². The number of sulfonamides is 1. The lowest BCUT2D eigenvalue weighted by molar-refractivity contribution is -0.137. The summed E-state index contributed by atoms with van der Waals surface area (Å²) in [4.78, 5) is 11.2. The van der Waals surface area contributed by atoms with Gasteiger partial charge in [-0.05, 0) is 68.5 Å². The molecule has 1 aliphatic carbocycles. The van der Waals surface area contributed by atoms with E-state index in [1.807, 2.05) is 38.1 Å². The van der Waals surface area contributed by atoms with Crippen molar-refractivity contribution in [1.29, 1.82) is 0 Å². The van der Waals surface area contributed by atoms with Crippen molar-refractivity contribution in [2.24, 2.45) is 0 Å². The number of carboxylic acid groups (broad SMARTS) is 1. The summed E-state index contributed by atoms with van der Waals surface area (Å²) in [5.74, 6) is -0.220. The van der Waals surface area contributed by atoms with Crippen LogP contribution in [0.4, 0.5) is 0 Å². The number of benzene rings is 2. The number of carbonyl (C=O) groups is 1. The minimum atomic E-state index is -3.77. The quantitative estimate of drug-likeness (QED) is 0.520. The zero-order chi connectivity index (χ0) is 23.6. The highest BCUT2D eigenvalue weighted by atomic mass is 32.2. The summed E-state index contributed by atoms with van der Waals surface area (Å²) in [6.07, 6.45) is 3.69. The van der Waals surface area contributed by atoms with E-state index in [2.05, 4.69) is 9.82 Å². The first-order valence-electron chi connectivity index (χ1n) is 10.9. The number of aromatic nitrogens is 2. The number of nitrogens with one attached hydrogen (secondary N) is 1. The third kappa shape index (κ3) is 5.26. The Morgan fingerprint density at radius 3 is 2.67 bits per heavy atom. The van der Waals surface area contributed by atoms with Crippen molar-refractivity contribution < 1.29 is 23.1 Å². The maximum Gasteiger partial charge on any atom is 0.325 e. The van der Waals surface area contributed by atoms with Crippen LogP contribution in [0, 0.1) is 0 Å². The zero-order valence-electron chi connectivity index (χ0n) is 18.6. The van der Waals surface area contributed by atoms with Crippen LogP contribution in [-0.2, 0) is 27.8 Å². The van der Waals surface area contributed by atoms with E-state index < -0.39 is 22.0 Å². The number of hydrogen-bond acceptors (Lipinski definition) is 5. The molecule has 0 amide bonds. The lowest BCUT2D eigenvalue weighted by Gasteiger charge is -2.24. The first-order valence-corrected chi connectivity index (χ1v) is 12.4. The summed E-state index contributed by atoms with van der Waals surface area (Å²) in [5, 5.41) is 13.2. The van der Waals surface area contributed by atoms with Crippen molar-refractivity contribution >= 4 is 16.0 Å². The molecule has 33 heavy (non-hydrogen) atoms. The fourth-order valence-corrected chi connectivity index (χ4v) is 5.36. The smallest absolute Gasteiger partial charge is 0.325 e. The second kappa shape index (κ2) is 9.36. The monoisotopic (exact) mass is 469 g/mol. The van der Waals surface area contributed by atoms with Crippen molar-refractivity contribution in [3.63, 3.8) is 0 Å². The molecule has 0 spiro atoms. The molecule has 1 atom stereocenters. The molecule has 0 saturated heterocycles. The highest BCUT2D eigenvalue weighted by molar-refractivity contribution is 7.89. The summed E-state index contributed by atoms with van der Waals surface area (Å²) >= 11 is 0. The van der Waals surface area contributed by atoms with Gasteiger partial charge in [0.05, 0.1) is 23.2 Å². The Morgan fingerprint density at radius 2 is 1.97 bits per heavy atom. The second-order valence-electron chi connectivity index (χ2n) is 8.38. The number of aliphatic carboxylic acids is 1. The molecular formula is C24H27N3O5S. The zero-order valence-corrected chi connectivity index (χ0v) is 19.4. The Morgan fingerprint density at radius 1 is 1.21 bits per heavy atom. The number of carboxylic acids is 1. The molecule has 0 radical (unpaired) electrons. The molecule has 3 aromatic rings. The normalized spacial score (nSPS) is 15.9. The van der Waals surface area contributed by atoms with Gasteiger partial charge in [-0.3, -0.25) is 9.48 Å². The van der Waals surface area contributed by atoms with Gasteiger partial charge in [-0.15, -0.1) is 0 Å². The second-order valence-corrected chi connectivity index (χ2v) is 10.1. The van der Waals surface area contributed by atoms with Crippen molar-refractivity contribution in [3.05, 3.63) is 66.0 Å². The lowest BCUT2D eigenvalue weighted by atomic mass is 9.94. The lowest BCUT2D eigenvalue weighted by Crippen LogP contribution is -2.31. The van der Waals surface area contributed by atoms with Crippen molar-refractivity contribution in [2.45, 2.75) is 56.7 Å². The van der Waals surface area contributed by atoms with Gasteiger partial charge < -0.3 is 9.84 Å². The maximum atomic E-state index is 13.1. The van der Waals surface area contributed by atoms with Gasteiger partial charge in [0.1, 0.15) is 12.3 Å². The van der Waals surface area contributed by atoms with Gasteiger partial charge in [-0.2, -0.15) is 5.10 Å². The Bertz CT molecular complexity index is 1250. The largest absolute Gasteiger partial charge is 0.491 e. The first kappa shape index (κ1) is 23.0. The highest BCUT2D eigenvalue weighted by Gasteiger charge is 2.29. The Labute approximate surface area is 193 Å². The number of rotatable bonds is 8. The van der Waals surface area contributed by atoms with Crippen LogP contribution in [0.2, 0.25) is 0 Å². The van der Waals surface area contributed by atoms with E-state index in [1.165, 1.54) is 4.68 Å². The topological polar surface area (TPSA) is 111 Å². The van der Waals surface area contributed by atoms with Crippen LogP contribution in [0.25, 0.3) is 11.1 Å². The van der Waals surface area contributed by atoms with Crippen LogP contribution in [0.3, 0.4) is 0 Å². The number of nitrogens with zero attached hydrogens (tertiary/aromatic N) is 2. The molecule has 8 nitrogen and oxygen atoms in total. The molecule has 1 unspecified atom stereocenters. The van der Waals surface area contributed by atoms with Gasteiger partial charge in [0.2, 0.25) is 10.0 Å². The van der Waals surface area contributed by atoms with E-state index in [1.54, 1.807) is 30.5 Å². The molecule has 4 rings (SSSR count). The summed E-state index contributed by atoms with van der Waals surface area (Å²) in [7, 11) is -3.77. The van der Waals surface area contributed by atoms with Crippen molar-refractivity contribution in [3.8, 4) is 16.9 Å². The Kier molecular flexibility index (Phi) is 6.53. The van der Waals surface area contributed by atoms with Gasteiger partial charge >= 0.3 is 5.97 Å². The van der Waals surface area contributed by atoms with E-state index in [9.17, 15) is 13.2 Å². The molecule has 0 bridgehead atoms. The SMILES string of the molecule is CC(C)Oc1cccc(-c2ccc(S(=O)(=O)NC3CCCc4c3cnn4CC(=O)O)cc2)c1. The van der Waals surface area contributed by atoms with Crippen LogP contribution in [-0.4, -0.2) is 35.4 Å². The van der Waals surface area contributed by atoms with Crippen LogP contribution in [0.5, 0.6) is 5.75 Å². The Hall–Kier alpha value is -3.17. The Balaban J connectivity index is 1.53. The molecule has 2 N–H and O–H groups in total. The molecule has 0 saturated carbocycles. The number of fused-ring (bicyclic) bond motifs is 1. The minimum Gasteiger partial charge on any atom is -0.491 e. The molecule has 1 aliphatic rings. The van der Waals surface area contributed by atoms with Crippen LogP contribution in [0.15, 0.2) is 59.6 Å². The van der Waals surface area contributed by atoms with E-state index >= 15 is 0 Å². The number of hydrogen-bond donors (Lipinski definition) is 2. The standard InChI is InChI=1S/C24H27N3O5S/c1-16(2)32-19-6-3-5-18(13-19)17-9-11-20(12-10-17)33(30,31)26-22-7-4-8-23-21(22)14-25-27(23)15-24(28)29/h3,5-6,9-14,16,22,26H,4,7-8,15H2,1-2H3,(H,28,29). The predicted molar refractivity (Wildman–Crippen MR) is 124 cm³/mol. The van der Waals surface area contributed by atoms with Crippen LogP contribution < -0.4 is 9.46 Å². The van der Waals surface area contributed by atoms with Crippen LogP contribution in [0.1, 0.15) is 44.0 Å². The summed E-state index contributed by atoms with van der Waals surface area (Å²) in [6.45, 7) is 3.69. The summed E-state index contributed by atoms with van der Waals surface area (Å²) in [6, 6.07) is 14.0.